The summed E-state index contributed by atoms with van der Waals surface area (Å²) in [4.78, 5) is 12.6. The Morgan fingerprint density at radius 3 is 2.38 bits per heavy atom. The summed E-state index contributed by atoms with van der Waals surface area (Å²) in [6.07, 6.45) is 4.60. The van der Waals surface area contributed by atoms with E-state index < -0.39 is 9.84 Å². The van der Waals surface area contributed by atoms with E-state index in [1.165, 1.54) is 18.6 Å². The van der Waals surface area contributed by atoms with Crippen molar-refractivity contribution in [3.63, 3.8) is 0 Å². The molecule has 5 heteroatoms. The molecule has 0 aromatic heterocycles. The predicted octanol–water partition coefficient (Wildman–Crippen LogP) is 2.64. The van der Waals surface area contributed by atoms with Crippen LogP contribution in [0.5, 0.6) is 0 Å². The largest absolute Gasteiger partial charge is 0.349 e. The zero-order valence-electron chi connectivity index (χ0n) is 12.8. The minimum Gasteiger partial charge on any atom is -0.349 e. The Bertz CT molecular complexity index is 614. The van der Waals surface area contributed by atoms with Crippen LogP contribution >= 0.6 is 0 Å². The van der Waals surface area contributed by atoms with Crippen LogP contribution in [0.4, 0.5) is 0 Å². The van der Waals surface area contributed by atoms with Gasteiger partial charge in [-0.05, 0) is 42.9 Å². The van der Waals surface area contributed by atoms with Gasteiger partial charge in [-0.3, -0.25) is 4.79 Å². The second-order valence-corrected chi connectivity index (χ2v) is 8.20. The van der Waals surface area contributed by atoms with Crippen LogP contribution in [0.2, 0.25) is 0 Å². The fourth-order valence-electron chi connectivity index (χ4n) is 3.07. The minimum absolute atomic E-state index is 0.160. The van der Waals surface area contributed by atoms with Gasteiger partial charge in [0.15, 0.2) is 9.84 Å². The van der Waals surface area contributed by atoms with Crippen LogP contribution in [0.15, 0.2) is 29.2 Å². The highest BCUT2D eigenvalue weighted by Gasteiger charge is 2.29. The lowest BCUT2D eigenvalue weighted by Crippen LogP contribution is -2.45. The number of hydrogen-bond acceptors (Lipinski definition) is 3. The predicted molar refractivity (Wildman–Crippen MR) is 83.0 cm³/mol. The van der Waals surface area contributed by atoms with Crippen molar-refractivity contribution in [2.24, 2.45) is 11.8 Å². The number of carbonyl (C=O) groups is 1. The fourth-order valence-corrected chi connectivity index (χ4v) is 3.74. The average molecular weight is 309 g/mol. The van der Waals surface area contributed by atoms with Crippen LogP contribution < -0.4 is 5.32 Å². The lowest BCUT2D eigenvalue weighted by Gasteiger charge is -2.35. The summed E-state index contributed by atoms with van der Waals surface area (Å²) in [5.74, 6) is 0.720. The third-order valence-corrected chi connectivity index (χ3v) is 5.48. The van der Waals surface area contributed by atoms with Gasteiger partial charge in [-0.15, -0.1) is 0 Å². The van der Waals surface area contributed by atoms with Crippen molar-refractivity contribution < 1.29 is 13.2 Å². The molecule has 3 atom stereocenters. The highest BCUT2D eigenvalue weighted by Crippen LogP contribution is 2.29. The zero-order valence-corrected chi connectivity index (χ0v) is 13.6. The van der Waals surface area contributed by atoms with Crippen molar-refractivity contribution in [1.82, 2.24) is 5.32 Å². The molecule has 0 bridgehead atoms. The number of benzene rings is 1. The summed E-state index contributed by atoms with van der Waals surface area (Å²) < 4.78 is 23.1. The first-order chi connectivity index (χ1) is 9.79. The normalized spacial score (nSPS) is 26.3. The summed E-state index contributed by atoms with van der Waals surface area (Å²) in [7, 11) is -3.29. The molecule has 1 fully saturated rings. The van der Waals surface area contributed by atoms with Crippen molar-refractivity contribution in [3.05, 3.63) is 29.8 Å². The van der Waals surface area contributed by atoms with Crippen LogP contribution in [0.25, 0.3) is 0 Å². The Hall–Kier alpha value is -1.36. The van der Waals surface area contributed by atoms with E-state index in [2.05, 4.69) is 19.2 Å². The van der Waals surface area contributed by atoms with Gasteiger partial charge in [-0.25, -0.2) is 8.42 Å². The maximum Gasteiger partial charge on any atom is 0.251 e. The molecular weight excluding hydrogens is 286 g/mol. The first kappa shape index (κ1) is 16.0. The van der Waals surface area contributed by atoms with Gasteiger partial charge >= 0.3 is 0 Å². The lowest BCUT2D eigenvalue weighted by molar-refractivity contribution is 0.0880. The highest BCUT2D eigenvalue weighted by molar-refractivity contribution is 7.90. The molecule has 2 rings (SSSR count). The molecule has 1 aliphatic rings. The minimum atomic E-state index is -3.29. The summed E-state index contributed by atoms with van der Waals surface area (Å²) in [6, 6.07) is 6.38. The quantitative estimate of drug-likeness (QED) is 0.933. The summed E-state index contributed by atoms with van der Waals surface area (Å²) in [5.41, 5.74) is 0.405. The van der Waals surface area contributed by atoms with E-state index in [0.717, 1.165) is 19.1 Å². The van der Waals surface area contributed by atoms with Crippen LogP contribution in [-0.4, -0.2) is 26.6 Å². The van der Waals surface area contributed by atoms with Gasteiger partial charge in [0.1, 0.15) is 0 Å². The Morgan fingerprint density at radius 2 is 1.81 bits per heavy atom. The van der Waals surface area contributed by atoms with E-state index in [0.29, 0.717) is 17.4 Å². The number of nitrogens with one attached hydrogen (secondary N) is 1. The smallest absolute Gasteiger partial charge is 0.251 e. The van der Waals surface area contributed by atoms with E-state index in [1.54, 1.807) is 12.1 Å². The lowest BCUT2D eigenvalue weighted by atomic mass is 9.78. The van der Waals surface area contributed by atoms with E-state index in [-0.39, 0.29) is 16.8 Å². The number of hydrogen-bond donors (Lipinski definition) is 1. The van der Waals surface area contributed by atoms with Gasteiger partial charge < -0.3 is 5.32 Å². The van der Waals surface area contributed by atoms with Gasteiger partial charge in [0, 0.05) is 17.9 Å². The molecule has 1 aromatic carbocycles. The number of sulfone groups is 1. The van der Waals surface area contributed by atoms with Gasteiger partial charge in [-0.2, -0.15) is 0 Å². The molecule has 4 nitrogen and oxygen atoms in total. The SMILES string of the molecule is C[C@@H]1CCC[C@H](C)C1NC(=O)c1cccc(S(C)(=O)=O)c1. The topological polar surface area (TPSA) is 63.2 Å². The molecular formula is C16H23NO3S. The number of amides is 1. The molecule has 1 unspecified atom stereocenters. The monoisotopic (exact) mass is 309 g/mol. The molecule has 1 aliphatic carbocycles. The molecule has 116 valence electrons. The third kappa shape index (κ3) is 3.84. The molecule has 1 aromatic rings. The molecule has 0 saturated heterocycles. The summed E-state index contributed by atoms with van der Waals surface area (Å²) in [6.45, 7) is 4.32. The van der Waals surface area contributed by atoms with Crippen LogP contribution in [0.1, 0.15) is 43.5 Å². The van der Waals surface area contributed by atoms with Gasteiger partial charge in [0.2, 0.25) is 0 Å². The fraction of sp³-hybridized carbons (Fsp3) is 0.562. The maximum absolute atomic E-state index is 12.4. The molecule has 1 saturated carbocycles. The summed E-state index contributed by atoms with van der Waals surface area (Å²) in [5, 5.41) is 3.08. The average Bonchev–Trinajstić information content (AvgIpc) is 2.42. The van der Waals surface area contributed by atoms with E-state index in [1.807, 2.05) is 0 Å². The second kappa shape index (κ2) is 6.18. The van der Waals surface area contributed by atoms with Gasteiger partial charge in [0.25, 0.3) is 5.91 Å². The molecule has 21 heavy (non-hydrogen) atoms. The Labute approximate surface area is 126 Å². The van der Waals surface area contributed by atoms with Gasteiger partial charge in [0.05, 0.1) is 4.90 Å². The zero-order chi connectivity index (χ0) is 15.6. The first-order valence-electron chi connectivity index (χ1n) is 7.40. The van der Waals surface area contributed by atoms with Crippen molar-refractivity contribution in [2.45, 2.75) is 44.0 Å². The maximum atomic E-state index is 12.4. The number of carbonyl (C=O) groups excluding carboxylic acids is 1. The Balaban J connectivity index is 2.17. The van der Waals surface area contributed by atoms with Crippen LogP contribution in [0, 0.1) is 11.8 Å². The first-order valence-corrected chi connectivity index (χ1v) is 9.29. The number of rotatable bonds is 3. The standard InChI is InChI=1S/C16H23NO3S/c1-11-6-4-7-12(2)15(11)17-16(18)13-8-5-9-14(10-13)21(3,19)20/h5,8-12,15H,4,6-7H2,1-3H3,(H,17,18)/t11-,12+,15?. The molecule has 1 N–H and O–H groups in total. The van der Waals surface area contributed by atoms with Crippen molar-refractivity contribution in [2.75, 3.05) is 6.26 Å². The Morgan fingerprint density at radius 1 is 1.19 bits per heavy atom. The molecule has 0 radical (unpaired) electrons. The molecule has 0 heterocycles. The third-order valence-electron chi connectivity index (χ3n) is 4.37. The van der Waals surface area contributed by atoms with Crippen molar-refractivity contribution in [1.29, 1.82) is 0 Å². The molecule has 0 aliphatic heterocycles. The molecule has 0 spiro atoms. The van der Waals surface area contributed by atoms with Gasteiger partial charge in [-0.1, -0.05) is 26.3 Å². The molecule has 1 amide bonds. The highest BCUT2D eigenvalue weighted by atomic mass is 32.2. The Kier molecular flexibility index (Phi) is 4.71. The van der Waals surface area contributed by atoms with Crippen LogP contribution in [0.3, 0.4) is 0 Å². The van der Waals surface area contributed by atoms with E-state index >= 15 is 0 Å². The van der Waals surface area contributed by atoms with Crippen molar-refractivity contribution >= 4 is 15.7 Å². The van der Waals surface area contributed by atoms with Crippen LogP contribution in [-0.2, 0) is 9.84 Å². The van der Waals surface area contributed by atoms with E-state index in [4.69, 9.17) is 0 Å². The van der Waals surface area contributed by atoms with Crippen molar-refractivity contribution in [3.8, 4) is 0 Å². The van der Waals surface area contributed by atoms with E-state index in [9.17, 15) is 13.2 Å². The second-order valence-electron chi connectivity index (χ2n) is 6.18. The summed E-state index contributed by atoms with van der Waals surface area (Å²) >= 11 is 0.